The molecule has 0 fully saturated rings. The molecule has 1 aromatic rings. The van der Waals surface area contributed by atoms with Gasteiger partial charge in [0.2, 0.25) is 0 Å². The third-order valence-corrected chi connectivity index (χ3v) is 2.83. The summed E-state index contributed by atoms with van der Waals surface area (Å²) < 4.78 is 0. The van der Waals surface area contributed by atoms with Gasteiger partial charge < -0.3 is 15.3 Å². The second-order valence-electron chi connectivity index (χ2n) is 4.96. The fourth-order valence-corrected chi connectivity index (χ4v) is 1.78. The fraction of sp³-hybridized carbons (Fsp3) is 0.500. The van der Waals surface area contributed by atoms with Crippen molar-refractivity contribution in [2.24, 2.45) is 0 Å². The maximum atomic E-state index is 11.8. The zero-order valence-electron chi connectivity index (χ0n) is 12.1. The number of carboxylic acids is 1. The highest BCUT2D eigenvalue weighted by atomic mass is 16.4. The van der Waals surface area contributed by atoms with Crippen LogP contribution in [0.2, 0.25) is 0 Å². The number of hydrogen-bond donors (Lipinski definition) is 2. The van der Waals surface area contributed by atoms with Gasteiger partial charge in [0.1, 0.15) is 5.69 Å². The molecule has 0 spiro atoms. The molecule has 1 rings (SSSR count). The van der Waals surface area contributed by atoms with Crippen LogP contribution in [0.5, 0.6) is 0 Å². The number of aliphatic carboxylic acids is 1. The van der Waals surface area contributed by atoms with Crippen molar-refractivity contribution in [2.45, 2.75) is 32.2 Å². The van der Waals surface area contributed by atoms with Crippen LogP contribution in [0.3, 0.4) is 0 Å². The Morgan fingerprint density at radius 2 is 2.15 bits per heavy atom. The Bertz CT molecular complexity index is 474. The lowest BCUT2D eigenvalue weighted by molar-refractivity contribution is -0.137. The number of pyridine rings is 1. The predicted molar refractivity (Wildman–Crippen MR) is 76.8 cm³/mol. The first kappa shape index (κ1) is 15.9. The normalized spacial score (nSPS) is 11.8. The minimum atomic E-state index is -0.778. The van der Waals surface area contributed by atoms with Gasteiger partial charge in [-0.05, 0) is 31.9 Å². The van der Waals surface area contributed by atoms with Crippen molar-refractivity contribution in [3.63, 3.8) is 0 Å². The van der Waals surface area contributed by atoms with Crippen molar-refractivity contribution in [1.29, 1.82) is 0 Å². The average molecular weight is 279 g/mol. The van der Waals surface area contributed by atoms with E-state index in [2.05, 4.69) is 10.3 Å². The van der Waals surface area contributed by atoms with Gasteiger partial charge in [0.15, 0.2) is 0 Å². The van der Waals surface area contributed by atoms with E-state index in [1.54, 1.807) is 32.4 Å². The molecule has 0 aliphatic rings. The summed E-state index contributed by atoms with van der Waals surface area (Å²) >= 11 is 0. The maximum Gasteiger partial charge on any atom is 0.303 e. The van der Waals surface area contributed by atoms with Crippen LogP contribution in [0.1, 0.15) is 36.7 Å². The second-order valence-corrected chi connectivity index (χ2v) is 4.96. The molecule has 1 unspecified atom stereocenters. The molecular formula is C14H21N3O3. The number of nitrogens with zero attached hydrogens (tertiary/aromatic N) is 2. The van der Waals surface area contributed by atoms with Gasteiger partial charge in [0.25, 0.3) is 5.91 Å². The lowest BCUT2D eigenvalue weighted by Gasteiger charge is -2.16. The highest BCUT2D eigenvalue weighted by Gasteiger charge is 2.11. The minimum absolute atomic E-state index is 0.138. The van der Waals surface area contributed by atoms with Crippen molar-refractivity contribution >= 4 is 17.6 Å². The van der Waals surface area contributed by atoms with Crippen LogP contribution in [-0.4, -0.2) is 47.0 Å². The van der Waals surface area contributed by atoms with Gasteiger partial charge in [-0.2, -0.15) is 0 Å². The first-order valence-corrected chi connectivity index (χ1v) is 6.56. The summed E-state index contributed by atoms with van der Waals surface area (Å²) in [5.41, 5.74) is 1.20. The molecule has 0 bridgehead atoms. The third-order valence-electron chi connectivity index (χ3n) is 2.83. The molecule has 0 saturated heterocycles. The molecule has 1 heterocycles. The average Bonchev–Trinajstić information content (AvgIpc) is 2.37. The predicted octanol–water partition coefficient (Wildman–Crippen LogP) is 1.84. The summed E-state index contributed by atoms with van der Waals surface area (Å²) in [6.07, 6.45) is 3.14. The molecule has 1 amide bonds. The number of aromatic nitrogens is 1. The zero-order valence-corrected chi connectivity index (χ0v) is 12.1. The number of carboxylic acid groups (broad SMARTS) is 1. The zero-order chi connectivity index (χ0) is 15.1. The fourth-order valence-electron chi connectivity index (χ4n) is 1.78. The van der Waals surface area contributed by atoms with Crippen molar-refractivity contribution in [2.75, 3.05) is 19.4 Å². The number of hydrogen-bond acceptors (Lipinski definition) is 4. The van der Waals surface area contributed by atoms with E-state index >= 15 is 0 Å². The van der Waals surface area contributed by atoms with E-state index in [0.717, 1.165) is 12.1 Å². The summed E-state index contributed by atoms with van der Waals surface area (Å²) in [4.78, 5) is 27.8. The number of nitrogens with one attached hydrogen (secondary N) is 1. The first-order chi connectivity index (χ1) is 9.40. The van der Waals surface area contributed by atoms with Crippen molar-refractivity contribution in [3.05, 3.63) is 24.0 Å². The Morgan fingerprint density at radius 3 is 2.75 bits per heavy atom. The molecule has 6 heteroatoms. The lowest BCUT2D eigenvalue weighted by atomic mass is 10.1. The molecule has 0 radical (unpaired) electrons. The van der Waals surface area contributed by atoms with E-state index in [4.69, 9.17) is 5.11 Å². The molecule has 0 saturated carbocycles. The molecule has 110 valence electrons. The molecule has 1 atom stereocenters. The smallest absolute Gasteiger partial charge is 0.303 e. The van der Waals surface area contributed by atoms with Crippen LogP contribution in [-0.2, 0) is 4.79 Å². The molecular weight excluding hydrogens is 258 g/mol. The van der Waals surface area contributed by atoms with Crippen LogP contribution >= 0.6 is 0 Å². The van der Waals surface area contributed by atoms with Crippen LogP contribution in [0.15, 0.2) is 18.3 Å². The van der Waals surface area contributed by atoms with E-state index in [9.17, 15) is 9.59 Å². The minimum Gasteiger partial charge on any atom is -0.481 e. The van der Waals surface area contributed by atoms with Crippen LogP contribution in [0, 0.1) is 0 Å². The van der Waals surface area contributed by atoms with E-state index in [0.29, 0.717) is 12.1 Å². The Labute approximate surface area is 118 Å². The second kappa shape index (κ2) is 7.47. The Balaban J connectivity index is 2.57. The Morgan fingerprint density at radius 1 is 1.45 bits per heavy atom. The van der Waals surface area contributed by atoms with Crippen LogP contribution in [0.25, 0.3) is 0 Å². The van der Waals surface area contributed by atoms with Gasteiger partial charge in [-0.25, -0.2) is 0 Å². The van der Waals surface area contributed by atoms with Gasteiger partial charge >= 0.3 is 5.97 Å². The number of rotatable bonds is 7. The summed E-state index contributed by atoms with van der Waals surface area (Å²) in [5.74, 6) is -0.924. The number of anilines is 1. The first-order valence-electron chi connectivity index (χ1n) is 6.56. The number of carbonyl (C=O) groups excluding carboxylic acids is 1. The van der Waals surface area contributed by atoms with Crippen molar-refractivity contribution in [3.8, 4) is 0 Å². The largest absolute Gasteiger partial charge is 0.481 e. The van der Waals surface area contributed by atoms with Gasteiger partial charge in [-0.3, -0.25) is 14.6 Å². The molecule has 0 aliphatic heterocycles. The van der Waals surface area contributed by atoms with E-state index in [1.165, 1.54) is 4.90 Å². The molecule has 0 aromatic carbocycles. The van der Waals surface area contributed by atoms with Gasteiger partial charge in [0, 0.05) is 38.4 Å². The molecule has 20 heavy (non-hydrogen) atoms. The monoisotopic (exact) mass is 279 g/mol. The number of amides is 1. The van der Waals surface area contributed by atoms with Crippen molar-refractivity contribution in [1.82, 2.24) is 9.88 Å². The molecule has 2 N–H and O–H groups in total. The van der Waals surface area contributed by atoms with E-state index in [1.807, 2.05) is 6.92 Å². The van der Waals surface area contributed by atoms with Crippen LogP contribution < -0.4 is 5.32 Å². The maximum absolute atomic E-state index is 11.8. The van der Waals surface area contributed by atoms with Crippen LogP contribution in [0.4, 0.5) is 5.69 Å². The number of carbonyl (C=O) groups is 2. The summed E-state index contributed by atoms with van der Waals surface area (Å²) in [5, 5.41) is 11.8. The van der Waals surface area contributed by atoms with Gasteiger partial charge in [-0.1, -0.05) is 0 Å². The van der Waals surface area contributed by atoms with E-state index < -0.39 is 5.97 Å². The summed E-state index contributed by atoms with van der Waals surface area (Å²) in [6.45, 7) is 1.98. The van der Waals surface area contributed by atoms with Gasteiger partial charge in [-0.15, -0.1) is 0 Å². The quantitative estimate of drug-likeness (QED) is 0.795. The molecule has 1 aromatic heterocycles. The highest BCUT2D eigenvalue weighted by Crippen LogP contribution is 2.13. The van der Waals surface area contributed by atoms with Crippen molar-refractivity contribution < 1.29 is 14.7 Å². The Hall–Kier alpha value is -2.11. The van der Waals surface area contributed by atoms with E-state index in [-0.39, 0.29) is 18.4 Å². The summed E-state index contributed by atoms with van der Waals surface area (Å²) in [7, 11) is 3.36. The third kappa shape index (κ3) is 5.26. The SMILES string of the molecule is CC(CCCC(=O)O)Nc1ccnc(C(=O)N(C)C)c1. The highest BCUT2D eigenvalue weighted by molar-refractivity contribution is 5.92. The molecule has 6 nitrogen and oxygen atoms in total. The summed E-state index contributed by atoms with van der Waals surface area (Å²) in [6, 6.07) is 3.63. The molecule has 0 aliphatic carbocycles. The lowest BCUT2D eigenvalue weighted by Crippen LogP contribution is -2.23. The van der Waals surface area contributed by atoms with Gasteiger partial charge in [0.05, 0.1) is 0 Å². The Kier molecular flexibility index (Phi) is 5.96. The standard InChI is InChI=1S/C14H21N3O3/c1-10(5-4-6-13(18)19)16-11-7-8-15-12(9-11)14(20)17(2)3/h7-10H,4-6H2,1-3H3,(H,15,16)(H,18,19). The topological polar surface area (TPSA) is 82.5 Å².